The Morgan fingerprint density at radius 1 is 1.12 bits per heavy atom. The van der Waals surface area contributed by atoms with Crippen molar-refractivity contribution < 1.29 is 4.92 Å². The van der Waals surface area contributed by atoms with E-state index < -0.39 is 0 Å². The molecule has 0 unspecified atom stereocenters. The molecule has 3 heteroatoms. The van der Waals surface area contributed by atoms with Gasteiger partial charge < -0.3 is 0 Å². The first-order valence-electron chi connectivity index (χ1n) is 5.96. The summed E-state index contributed by atoms with van der Waals surface area (Å²) in [7, 11) is 0. The van der Waals surface area contributed by atoms with Gasteiger partial charge in [-0.1, -0.05) is 30.3 Å². The maximum Gasteiger partial charge on any atom is 0.222 e. The molecule has 4 atom stereocenters. The van der Waals surface area contributed by atoms with Gasteiger partial charge in [0.15, 0.2) is 0 Å². The minimum Gasteiger partial charge on any atom is -0.264 e. The summed E-state index contributed by atoms with van der Waals surface area (Å²) in [5.41, 5.74) is 1.16. The number of hydrogen-bond acceptors (Lipinski definition) is 2. The Hall–Kier alpha value is -1.38. The standard InChI is InChI=1S/C13H15NO2/c15-14(16)13-11-7-6-10(8-11)12(13)9-4-2-1-3-5-9/h1-5,10-13H,6-8H2/t10-,11-,12+,13-/m0/s1. The molecule has 0 heterocycles. The number of nitro groups is 1. The molecular formula is C13H15NO2. The van der Waals surface area contributed by atoms with Gasteiger partial charge in [0.05, 0.1) is 5.92 Å². The van der Waals surface area contributed by atoms with Crippen LogP contribution in [0.2, 0.25) is 0 Å². The number of hydrogen-bond donors (Lipinski definition) is 0. The van der Waals surface area contributed by atoms with Crippen LogP contribution in [0.3, 0.4) is 0 Å². The van der Waals surface area contributed by atoms with Gasteiger partial charge in [-0.2, -0.15) is 0 Å². The zero-order valence-corrected chi connectivity index (χ0v) is 9.08. The summed E-state index contributed by atoms with van der Waals surface area (Å²) >= 11 is 0. The van der Waals surface area contributed by atoms with Crippen LogP contribution >= 0.6 is 0 Å². The Labute approximate surface area is 94.6 Å². The van der Waals surface area contributed by atoms with Crippen molar-refractivity contribution in [2.75, 3.05) is 0 Å². The predicted octanol–water partition coefficient (Wildman–Crippen LogP) is 2.85. The summed E-state index contributed by atoms with van der Waals surface area (Å²) in [6.45, 7) is 0. The first-order chi connectivity index (χ1) is 7.77. The SMILES string of the molecule is O=[N+]([O-])[C@H]1[C@H]2CC[C@@H](C2)[C@H]1c1ccccc1. The van der Waals surface area contributed by atoms with Crippen LogP contribution < -0.4 is 0 Å². The molecular weight excluding hydrogens is 202 g/mol. The third-order valence-corrected chi connectivity index (χ3v) is 4.30. The number of nitrogens with zero attached hydrogens (tertiary/aromatic N) is 1. The quantitative estimate of drug-likeness (QED) is 0.564. The summed E-state index contributed by atoms with van der Waals surface area (Å²) in [6, 6.07) is 9.69. The molecule has 1 aromatic rings. The van der Waals surface area contributed by atoms with Crippen LogP contribution in [0.25, 0.3) is 0 Å². The van der Waals surface area contributed by atoms with Crippen molar-refractivity contribution >= 4 is 0 Å². The molecule has 16 heavy (non-hydrogen) atoms. The van der Waals surface area contributed by atoms with Gasteiger partial charge in [-0.25, -0.2) is 0 Å². The molecule has 0 aliphatic heterocycles. The van der Waals surface area contributed by atoms with E-state index in [0.29, 0.717) is 11.8 Å². The van der Waals surface area contributed by atoms with E-state index in [9.17, 15) is 10.1 Å². The molecule has 3 rings (SSSR count). The lowest BCUT2D eigenvalue weighted by Crippen LogP contribution is -2.33. The van der Waals surface area contributed by atoms with E-state index in [4.69, 9.17) is 0 Å². The molecule has 0 N–H and O–H groups in total. The molecule has 0 radical (unpaired) electrons. The molecule has 84 valence electrons. The average Bonchev–Trinajstić information content (AvgIpc) is 2.89. The lowest BCUT2D eigenvalue weighted by Gasteiger charge is -2.25. The Morgan fingerprint density at radius 3 is 2.50 bits per heavy atom. The second kappa shape index (κ2) is 3.58. The molecule has 0 saturated heterocycles. The second-order valence-electron chi connectivity index (χ2n) is 5.05. The van der Waals surface area contributed by atoms with E-state index >= 15 is 0 Å². The van der Waals surface area contributed by atoms with E-state index in [0.717, 1.165) is 18.4 Å². The largest absolute Gasteiger partial charge is 0.264 e. The number of benzene rings is 1. The highest BCUT2D eigenvalue weighted by Crippen LogP contribution is 2.53. The lowest BCUT2D eigenvalue weighted by atomic mass is 9.80. The van der Waals surface area contributed by atoms with Crippen molar-refractivity contribution in [1.29, 1.82) is 0 Å². The zero-order valence-electron chi connectivity index (χ0n) is 9.08. The minimum atomic E-state index is -0.332. The Bertz CT molecular complexity index is 404. The van der Waals surface area contributed by atoms with Crippen molar-refractivity contribution in [3.63, 3.8) is 0 Å². The second-order valence-corrected chi connectivity index (χ2v) is 5.05. The van der Waals surface area contributed by atoms with Crippen LogP contribution in [0, 0.1) is 22.0 Å². The van der Waals surface area contributed by atoms with Gasteiger partial charge in [0, 0.05) is 10.8 Å². The zero-order chi connectivity index (χ0) is 11.1. The van der Waals surface area contributed by atoms with Crippen LogP contribution in [-0.2, 0) is 0 Å². The molecule has 1 aromatic carbocycles. The molecule has 2 bridgehead atoms. The van der Waals surface area contributed by atoms with Crippen molar-refractivity contribution in [2.24, 2.45) is 11.8 Å². The van der Waals surface area contributed by atoms with Gasteiger partial charge in [0.25, 0.3) is 0 Å². The third kappa shape index (κ3) is 1.34. The van der Waals surface area contributed by atoms with Gasteiger partial charge in [0.2, 0.25) is 6.04 Å². The first-order valence-corrected chi connectivity index (χ1v) is 5.96. The fourth-order valence-corrected chi connectivity index (χ4v) is 3.71. The highest BCUT2D eigenvalue weighted by atomic mass is 16.6. The van der Waals surface area contributed by atoms with Gasteiger partial charge in [-0.15, -0.1) is 0 Å². The number of rotatable bonds is 2. The summed E-state index contributed by atoms with van der Waals surface area (Å²) in [5.74, 6) is 1.03. The van der Waals surface area contributed by atoms with E-state index in [1.165, 1.54) is 6.42 Å². The summed E-state index contributed by atoms with van der Waals surface area (Å²) in [5, 5.41) is 11.2. The summed E-state index contributed by atoms with van der Waals surface area (Å²) in [6.07, 6.45) is 3.29. The predicted molar refractivity (Wildman–Crippen MR) is 60.8 cm³/mol. The summed E-state index contributed by atoms with van der Waals surface area (Å²) < 4.78 is 0. The molecule has 0 spiro atoms. The highest BCUT2D eigenvalue weighted by molar-refractivity contribution is 5.25. The molecule has 2 fully saturated rings. The molecule has 2 aliphatic rings. The smallest absolute Gasteiger partial charge is 0.222 e. The van der Waals surface area contributed by atoms with Crippen molar-refractivity contribution in [3.8, 4) is 0 Å². The lowest BCUT2D eigenvalue weighted by molar-refractivity contribution is -0.534. The van der Waals surface area contributed by atoms with Crippen molar-refractivity contribution in [2.45, 2.75) is 31.2 Å². The number of fused-ring (bicyclic) bond motifs is 2. The van der Waals surface area contributed by atoms with Crippen LogP contribution in [0.15, 0.2) is 30.3 Å². The van der Waals surface area contributed by atoms with Gasteiger partial charge in [-0.3, -0.25) is 10.1 Å². The first kappa shape index (κ1) is 9.82. The minimum absolute atomic E-state index is 0.0402. The maximum absolute atomic E-state index is 11.2. The van der Waals surface area contributed by atoms with E-state index in [2.05, 4.69) is 0 Å². The van der Waals surface area contributed by atoms with Crippen LogP contribution in [-0.4, -0.2) is 11.0 Å². The summed E-state index contributed by atoms with van der Waals surface area (Å²) in [4.78, 5) is 11.1. The molecule has 0 aromatic heterocycles. The monoisotopic (exact) mass is 217 g/mol. The van der Waals surface area contributed by atoms with E-state index in [1.54, 1.807) is 0 Å². The average molecular weight is 217 g/mol. The van der Waals surface area contributed by atoms with Gasteiger partial charge in [0.1, 0.15) is 0 Å². The van der Waals surface area contributed by atoms with E-state index in [1.807, 2.05) is 30.3 Å². The van der Waals surface area contributed by atoms with Crippen LogP contribution in [0.5, 0.6) is 0 Å². The van der Waals surface area contributed by atoms with Gasteiger partial charge in [-0.05, 0) is 30.7 Å². The fourth-order valence-electron chi connectivity index (χ4n) is 3.71. The third-order valence-electron chi connectivity index (χ3n) is 4.30. The van der Waals surface area contributed by atoms with Crippen LogP contribution in [0.1, 0.15) is 30.7 Å². The Balaban J connectivity index is 1.97. The van der Waals surface area contributed by atoms with Crippen molar-refractivity contribution in [1.82, 2.24) is 0 Å². The molecule has 0 amide bonds. The Morgan fingerprint density at radius 2 is 1.81 bits per heavy atom. The fraction of sp³-hybridized carbons (Fsp3) is 0.538. The Kier molecular flexibility index (Phi) is 2.20. The maximum atomic E-state index is 11.2. The normalized spacial score (nSPS) is 36.5. The van der Waals surface area contributed by atoms with Gasteiger partial charge >= 0.3 is 0 Å². The molecule has 2 saturated carbocycles. The van der Waals surface area contributed by atoms with Crippen molar-refractivity contribution in [3.05, 3.63) is 46.0 Å². The molecule has 3 nitrogen and oxygen atoms in total. The highest BCUT2D eigenvalue weighted by Gasteiger charge is 2.54. The topological polar surface area (TPSA) is 43.1 Å². The molecule has 2 aliphatic carbocycles. The van der Waals surface area contributed by atoms with Crippen LogP contribution in [0.4, 0.5) is 0 Å². The van der Waals surface area contributed by atoms with E-state index in [-0.39, 0.29) is 16.9 Å².